The number of carbonyl (C=O) groups is 1. The number of methoxy groups -OCH3 is 1. The van der Waals surface area contributed by atoms with Gasteiger partial charge in [0.1, 0.15) is 5.75 Å². The van der Waals surface area contributed by atoms with Crippen LogP contribution in [0.4, 0.5) is 5.69 Å². The summed E-state index contributed by atoms with van der Waals surface area (Å²) in [6.07, 6.45) is 0. The van der Waals surface area contributed by atoms with Crippen molar-refractivity contribution in [3.8, 4) is 5.75 Å². The van der Waals surface area contributed by atoms with E-state index in [0.29, 0.717) is 0 Å². The summed E-state index contributed by atoms with van der Waals surface area (Å²) in [5.74, 6) is 0.967. The van der Waals surface area contributed by atoms with E-state index in [1.54, 1.807) is 14.0 Å². The molecule has 1 aromatic rings. The van der Waals surface area contributed by atoms with Crippen molar-refractivity contribution in [1.29, 1.82) is 0 Å². The number of ether oxygens (including phenoxy) is 1. The molecule has 20 heavy (non-hydrogen) atoms. The van der Waals surface area contributed by atoms with Crippen molar-refractivity contribution in [2.45, 2.75) is 19.9 Å². The third-order valence-electron chi connectivity index (χ3n) is 3.78. The van der Waals surface area contributed by atoms with Crippen LogP contribution in [0.15, 0.2) is 18.2 Å². The molecular formula is C15H23N3O2. The summed E-state index contributed by atoms with van der Waals surface area (Å²) in [6, 6.07) is 5.91. The Labute approximate surface area is 120 Å². The summed E-state index contributed by atoms with van der Waals surface area (Å²) in [5.41, 5.74) is 8.25. The van der Waals surface area contributed by atoms with Crippen molar-refractivity contribution >= 4 is 11.6 Å². The normalized spacial score (nSPS) is 17.0. The summed E-state index contributed by atoms with van der Waals surface area (Å²) in [7, 11) is 1.67. The standard InChI is InChI=1S/C15H23N3O2/c1-11(16)15-13(5-4-6-14(15)20-3)18-9-7-17(8-10-18)12(2)19/h4-6,11H,7-10,16H2,1-3H3/t11-/m0/s1. The zero-order valence-electron chi connectivity index (χ0n) is 12.4. The van der Waals surface area contributed by atoms with Crippen LogP contribution in [0, 0.1) is 0 Å². The molecule has 1 amide bonds. The molecule has 0 aliphatic carbocycles. The lowest BCUT2D eigenvalue weighted by atomic mass is 10.0. The van der Waals surface area contributed by atoms with Crippen molar-refractivity contribution in [3.63, 3.8) is 0 Å². The maximum Gasteiger partial charge on any atom is 0.219 e. The molecule has 110 valence electrons. The molecule has 1 aliphatic rings. The predicted molar refractivity (Wildman–Crippen MR) is 80.1 cm³/mol. The topological polar surface area (TPSA) is 58.8 Å². The number of hydrogen-bond acceptors (Lipinski definition) is 4. The Morgan fingerprint density at radius 3 is 2.45 bits per heavy atom. The van der Waals surface area contributed by atoms with Crippen molar-refractivity contribution in [2.24, 2.45) is 5.73 Å². The van der Waals surface area contributed by atoms with Gasteiger partial charge in [-0.1, -0.05) is 6.07 Å². The van der Waals surface area contributed by atoms with E-state index in [1.807, 2.05) is 24.0 Å². The Bertz CT molecular complexity index is 480. The molecule has 0 aromatic heterocycles. The number of anilines is 1. The van der Waals surface area contributed by atoms with Gasteiger partial charge in [-0.15, -0.1) is 0 Å². The zero-order valence-corrected chi connectivity index (χ0v) is 12.4. The maximum absolute atomic E-state index is 11.4. The molecule has 0 bridgehead atoms. The van der Waals surface area contributed by atoms with E-state index in [-0.39, 0.29) is 11.9 Å². The minimum atomic E-state index is -0.0908. The number of nitrogens with two attached hydrogens (primary N) is 1. The van der Waals surface area contributed by atoms with Crippen LogP contribution in [0.25, 0.3) is 0 Å². The second-order valence-electron chi connectivity index (χ2n) is 5.17. The highest BCUT2D eigenvalue weighted by atomic mass is 16.5. The monoisotopic (exact) mass is 277 g/mol. The van der Waals surface area contributed by atoms with Crippen LogP contribution < -0.4 is 15.4 Å². The number of benzene rings is 1. The average molecular weight is 277 g/mol. The van der Waals surface area contributed by atoms with Crippen LogP contribution in [0.1, 0.15) is 25.5 Å². The Hall–Kier alpha value is -1.75. The predicted octanol–water partition coefficient (Wildman–Crippen LogP) is 1.38. The average Bonchev–Trinajstić information content (AvgIpc) is 2.46. The van der Waals surface area contributed by atoms with Crippen molar-refractivity contribution in [3.05, 3.63) is 23.8 Å². The maximum atomic E-state index is 11.4. The van der Waals surface area contributed by atoms with E-state index in [2.05, 4.69) is 11.0 Å². The molecule has 1 aliphatic heterocycles. The van der Waals surface area contributed by atoms with Gasteiger partial charge in [-0.3, -0.25) is 4.79 Å². The Balaban J connectivity index is 2.23. The van der Waals surface area contributed by atoms with Gasteiger partial charge in [0.2, 0.25) is 5.91 Å². The molecule has 1 heterocycles. The number of piperazine rings is 1. The Morgan fingerprint density at radius 1 is 1.30 bits per heavy atom. The first-order chi connectivity index (χ1) is 9.54. The van der Waals surface area contributed by atoms with Gasteiger partial charge in [0, 0.05) is 50.4 Å². The van der Waals surface area contributed by atoms with Gasteiger partial charge in [-0.2, -0.15) is 0 Å². The molecule has 5 nitrogen and oxygen atoms in total. The first kappa shape index (κ1) is 14.7. The second-order valence-corrected chi connectivity index (χ2v) is 5.17. The van der Waals surface area contributed by atoms with E-state index in [1.165, 1.54) is 0 Å². The van der Waals surface area contributed by atoms with Gasteiger partial charge < -0.3 is 20.3 Å². The van der Waals surface area contributed by atoms with Crippen LogP contribution in [0.2, 0.25) is 0 Å². The Morgan fingerprint density at radius 2 is 1.95 bits per heavy atom. The fraction of sp³-hybridized carbons (Fsp3) is 0.533. The van der Waals surface area contributed by atoms with Crippen LogP contribution >= 0.6 is 0 Å². The fourth-order valence-corrected chi connectivity index (χ4v) is 2.71. The van der Waals surface area contributed by atoms with Crippen LogP contribution in [0.3, 0.4) is 0 Å². The van der Waals surface area contributed by atoms with Crippen LogP contribution in [-0.4, -0.2) is 44.1 Å². The largest absolute Gasteiger partial charge is 0.496 e. The highest BCUT2D eigenvalue weighted by Crippen LogP contribution is 2.34. The number of carbonyl (C=O) groups excluding carboxylic acids is 1. The van der Waals surface area contributed by atoms with Gasteiger partial charge in [0.05, 0.1) is 7.11 Å². The molecule has 2 rings (SSSR count). The summed E-state index contributed by atoms with van der Waals surface area (Å²) in [6.45, 7) is 6.75. The molecule has 5 heteroatoms. The minimum absolute atomic E-state index is 0.0908. The lowest BCUT2D eigenvalue weighted by Crippen LogP contribution is -2.48. The van der Waals surface area contributed by atoms with E-state index in [0.717, 1.165) is 43.2 Å². The molecule has 1 atom stereocenters. The zero-order chi connectivity index (χ0) is 14.7. The number of nitrogens with zero attached hydrogens (tertiary/aromatic N) is 2. The summed E-state index contributed by atoms with van der Waals surface area (Å²) in [4.78, 5) is 15.5. The Kier molecular flexibility index (Phi) is 4.49. The molecule has 0 saturated carbocycles. The van der Waals surface area contributed by atoms with Gasteiger partial charge in [0.25, 0.3) is 0 Å². The quantitative estimate of drug-likeness (QED) is 0.907. The smallest absolute Gasteiger partial charge is 0.219 e. The van der Waals surface area contributed by atoms with E-state index in [9.17, 15) is 4.79 Å². The molecule has 0 spiro atoms. The summed E-state index contributed by atoms with van der Waals surface area (Å²) < 4.78 is 5.43. The molecule has 0 unspecified atom stereocenters. The number of hydrogen-bond donors (Lipinski definition) is 1. The van der Waals surface area contributed by atoms with Gasteiger partial charge in [-0.05, 0) is 19.1 Å². The molecule has 0 radical (unpaired) electrons. The number of rotatable bonds is 3. The third-order valence-corrected chi connectivity index (χ3v) is 3.78. The molecular weight excluding hydrogens is 254 g/mol. The third kappa shape index (κ3) is 2.88. The highest BCUT2D eigenvalue weighted by Gasteiger charge is 2.23. The molecule has 1 saturated heterocycles. The summed E-state index contributed by atoms with van der Waals surface area (Å²) in [5, 5.41) is 0. The lowest BCUT2D eigenvalue weighted by molar-refractivity contribution is -0.129. The summed E-state index contributed by atoms with van der Waals surface area (Å²) >= 11 is 0. The fourth-order valence-electron chi connectivity index (χ4n) is 2.71. The van der Waals surface area contributed by atoms with Crippen LogP contribution in [-0.2, 0) is 4.79 Å². The molecule has 1 fully saturated rings. The van der Waals surface area contributed by atoms with E-state index in [4.69, 9.17) is 10.5 Å². The minimum Gasteiger partial charge on any atom is -0.496 e. The van der Waals surface area contributed by atoms with Gasteiger partial charge >= 0.3 is 0 Å². The SMILES string of the molecule is COc1cccc(N2CCN(C(C)=O)CC2)c1[C@H](C)N. The second kappa shape index (κ2) is 6.13. The first-order valence-electron chi connectivity index (χ1n) is 6.97. The molecule has 1 aromatic carbocycles. The van der Waals surface area contributed by atoms with Crippen molar-refractivity contribution < 1.29 is 9.53 Å². The van der Waals surface area contributed by atoms with E-state index >= 15 is 0 Å². The highest BCUT2D eigenvalue weighted by molar-refractivity contribution is 5.73. The first-order valence-corrected chi connectivity index (χ1v) is 6.97. The lowest BCUT2D eigenvalue weighted by Gasteiger charge is -2.37. The van der Waals surface area contributed by atoms with E-state index < -0.39 is 0 Å². The van der Waals surface area contributed by atoms with Crippen molar-refractivity contribution in [2.75, 3.05) is 38.2 Å². The van der Waals surface area contributed by atoms with Gasteiger partial charge in [-0.25, -0.2) is 0 Å². The van der Waals surface area contributed by atoms with Crippen LogP contribution in [0.5, 0.6) is 5.75 Å². The number of amides is 1. The molecule has 2 N–H and O–H groups in total. The van der Waals surface area contributed by atoms with Crippen molar-refractivity contribution in [1.82, 2.24) is 4.90 Å². The van der Waals surface area contributed by atoms with Gasteiger partial charge in [0.15, 0.2) is 0 Å².